The predicted octanol–water partition coefficient (Wildman–Crippen LogP) is 13.1. The van der Waals surface area contributed by atoms with Crippen molar-refractivity contribution in [2.75, 3.05) is 23.0 Å². The number of nitrogens with zero attached hydrogens (tertiary/aromatic N) is 2. The second kappa shape index (κ2) is 35.1. The summed E-state index contributed by atoms with van der Waals surface area (Å²) in [5.41, 5.74) is 0.00561. The number of carbonyl (C=O) groups is 8. The maximum atomic E-state index is 15.1. The molecule has 4 amide bonds. The van der Waals surface area contributed by atoms with E-state index in [2.05, 4.69) is 73.7 Å². The number of nitrogens with one attached hydrogen (secondary N) is 4. The number of hydrogen-bond acceptors (Lipinski definition) is 13. The summed E-state index contributed by atoms with van der Waals surface area (Å²) in [5, 5.41) is 61.7. The van der Waals surface area contributed by atoms with Gasteiger partial charge in [0.25, 0.3) is 5.91 Å². The van der Waals surface area contributed by atoms with Crippen molar-refractivity contribution in [3.63, 3.8) is 0 Å². The Morgan fingerprint density at radius 1 is 0.398 bits per heavy atom. The Balaban J connectivity index is 1.04. The van der Waals surface area contributed by atoms with Crippen molar-refractivity contribution < 1.29 is 73.0 Å². The van der Waals surface area contributed by atoms with Crippen LogP contribution in [0.2, 0.25) is 0 Å². The van der Waals surface area contributed by atoms with E-state index in [0.717, 1.165) is 81.4 Å². The minimum absolute atomic E-state index is 0.0300. The van der Waals surface area contributed by atoms with Gasteiger partial charge in [-0.2, -0.15) is 0 Å². The Labute approximate surface area is 612 Å². The van der Waals surface area contributed by atoms with Crippen LogP contribution in [0.25, 0.3) is 0 Å². The molecule has 2 atom stereocenters. The van der Waals surface area contributed by atoms with E-state index in [1.807, 2.05) is 91.9 Å². The first-order valence-electron chi connectivity index (χ1n) is 32.2. The molecule has 522 valence electrons. The molecule has 25 heteroatoms. The number of azo groups is 1. The number of carbonyl (C=O) groups excluding carboxylic acids is 4. The fourth-order valence-corrected chi connectivity index (χ4v) is 21.5. The molecule has 0 spiro atoms. The van der Waals surface area contributed by atoms with Crippen molar-refractivity contribution in [2.24, 2.45) is 10.2 Å². The SMILES string of the molecule is CCCCCCCCc1ccc(N=Nc2cc([Se](=[Se])c3ccccc3)c(NC(=O)c3cc(Oc4ccc(C(=O)O)c(C(=O)Nc5ccc(Oc6ccc(C)cc6)cc5)c4)ccc3C(=O)O)cc2NC(=O)c2cc(Oc3ccc(C(=O)O)c(C(=O)NC)c3)ccc2C(=O)O)cc1[Se](=[Se])c1ccccc1. The van der Waals surface area contributed by atoms with Crippen molar-refractivity contribution in [3.05, 3.63) is 268 Å². The molecule has 21 nitrogen and oxygen atoms in total. The number of amides is 4. The van der Waals surface area contributed by atoms with Gasteiger partial charge >= 0.3 is 464 Å². The summed E-state index contributed by atoms with van der Waals surface area (Å²) in [7, 11) is 1.32. The zero-order chi connectivity index (χ0) is 73.3. The quantitative estimate of drug-likeness (QED) is 0.0118. The van der Waals surface area contributed by atoms with E-state index in [4.69, 9.17) is 24.4 Å². The molecule has 10 rings (SSSR count). The van der Waals surface area contributed by atoms with Gasteiger partial charge in [0.1, 0.15) is 11.5 Å². The number of anilines is 3. The molecule has 10 aromatic rings. The molecule has 0 aliphatic carbocycles. The minimum atomic E-state index is -2.41. The molecule has 10 aromatic carbocycles. The van der Waals surface area contributed by atoms with Crippen LogP contribution in [-0.4, -0.2) is 125 Å². The summed E-state index contributed by atoms with van der Waals surface area (Å²) in [6.07, 6.45) is 7.55. The van der Waals surface area contributed by atoms with Crippen LogP contribution in [0.5, 0.6) is 34.5 Å². The third-order valence-corrected chi connectivity index (χ3v) is 30.2. The van der Waals surface area contributed by atoms with Crippen molar-refractivity contribution in [1.29, 1.82) is 0 Å². The molecule has 0 bridgehead atoms. The second-order valence-electron chi connectivity index (χ2n) is 23.2. The van der Waals surface area contributed by atoms with Gasteiger partial charge in [0.2, 0.25) is 0 Å². The standard InChI is InChI=1S/C78H66N6O15Se4/c1-4-5-6-7-8-11-16-47-23-24-49(39-69(47)102(100)56-17-12-9-13-18-56)83-84-67-45-70(103(101)57-19-14-10-15-20-57)68(44-66(67)81-73(87)64-42-54(33-37-60(64)77(93)94)98-52-31-35-58(75(89)90)62(40-52)71(85)79-3)82-74(88)65-43-55(34-38-61(65)78(95)96)99-53-32-36-59(76(91)92)63(41-53)72(86)80-48-25-29-51(30-26-48)97-50-27-21-46(2)22-28-50/h9-10,12-15,17-45H,4-8,11,16H2,1-3H3,(H,79,85)(H,80,86)(H,81,87)(H,82,88)(H,89,90)(H,91,92)(H,93,94)(H,95,96). The van der Waals surface area contributed by atoms with Crippen molar-refractivity contribution in [2.45, 2.75) is 58.8 Å². The first-order valence-corrected chi connectivity index (χ1v) is 44.3. The molecule has 0 fully saturated rings. The van der Waals surface area contributed by atoms with Crippen LogP contribution in [0.3, 0.4) is 0 Å². The summed E-state index contributed by atoms with van der Waals surface area (Å²) < 4.78 is 21.7. The predicted molar refractivity (Wildman–Crippen MR) is 397 cm³/mol. The molecule has 0 heterocycles. The zero-order valence-corrected chi connectivity index (χ0v) is 62.3. The molecular weight excluding hydrogens is 1580 g/mol. The van der Waals surface area contributed by atoms with Crippen LogP contribution in [0.15, 0.2) is 223 Å². The average Bonchev–Trinajstić information content (AvgIpc) is 0.791. The number of rotatable bonds is 30. The van der Waals surface area contributed by atoms with Crippen LogP contribution in [0, 0.1) is 6.92 Å². The number of aromatic carboxylic acids is 4. The Morgan fingerprint density at radius 3 is 1.27 bits per heavy atom. The summed E-state index contributed by atoms with van der Waals surface area (Å²) in [5.74, 6) is -8.51. The van der Waals surface area contributed by atoms with Crippen molar-refractivity contribution in [3.8, 4) is 34.5 Å². The van der Waals surface area contributed by atoms with E-state index in [-0.39, 0.29) is 62.3 Å². The molecule has 0 saturated heterocycles. The average molecular weight is 1640 g/mol. The van der Waals surface area contributed by atoms with Crippen LogP contribution in [0.4, 0.5) is 28.4 Å². The van der Waals surface area contributed by atoms with E-state index in [1.165, 1.54) is 74.0 Å². The van der Waals surface area contributed by atoms with Crippen LogP contribution >= 0.6 is 0 Å². The number of aryl methyl sites for hydroxylation is 2. The monoisotopic (exact) mass is 1650 g/mol. The first-order chi connectivity index (χ1) is 49.6. The van der Waals surface area contributed by atoms with Gasteiger partial charge in [-0.05, 0) is 49.4 Å². The van der Waals surface area contributed by atoms with Crippen molar-refractivity contribution >= 4 is 144 Å². The Hall–Kier alpha value is -11.0. The Morgan fingerprint density at radius 2 is 0.806 bits per heavy atom. The molecule has 2 unspecified atom stereocenters. The molecule has 8 N–H and O–H groups in total. The van der Waals surface area contributed by atoms with Gasteiger partial charge in [0.05, 0.1) is 11.1 Å². The molecule has 0 aliphatic rings. The van der Waals surface area contributed by atoms with Crippen LogP contribution in [-0.2, 0) is 6.42 Å². The van der Waals surface area contributed by atoms with E-state index < -0.39 is 92.8 Å². The summed E-state index contributed by atoms with van der Waals surface area (Å²) >= 11 is 2.61. The Bertz CT molecular complexity index is 5000. The maximum absolute atomic E-state index is 15.1. The topological polar surface area (TPSA) is 318 Å². The molecule has 103 heavy (non-hydrogen) atoms. The van der Waals surface area contributed by atoms with Gasteiger partial charge in [-0.25, -0.2) is 9.59 Å². The fourth-order valence-electron chi connectivity index (χ4n) is 10.7. The molecule has 0 saturated carbocycles. The fraction of sp³-hybridized carbons (Fsp3) is 0.128. The van der Waals surface area contributed by atoms with Crippen LogP contribution in [0.1, 0.15) is 139 Å². The van der Waals surface area contributed by atoms with Crippen molar-refractivity contribution in [1.82, 2.24) is 5.32 Å². The molecule has 0 radical (unpaired) electrons. The summed E-state index contributed by atoms with van der Waals surface area (Å²) in [6.45, 7) is 4.14. The number of benzene rings is 10. The first kappa shape index (κ1) is 74.7. The number of carboxylic acid groups (broad SMARTS) is 4. The van der Waals surface area contributed by atoms with Gasteiger partial charge in [0.15, 0.2) is 0 Å². The van der Waals surface area contributed by atoms with E-state index >= 15 is 9.59 Å². The number of hydrogen-bond donors (Lipinski definition) is 8. The Kier molecular flexibility index (Phi) is 25.5. The molecule has 0 aliphatic heterocycles. The molecular formula is C78H66N6O15Se4. The van der Waals surface area contributed by atoms with Gasteiger partial charge in [-0.15, -0.1) is 0 Å². The van der Waals surface area contributed by atoms with Gasteiger partial charge in [0, 0.05) is 12.7 Å². The summed E-state index contributed by atoms with van der Waals surface area (Å²) in [4.78, 5) is 108. The van der Waals surface area contributed by atoms with Gasteiger partial charge in [-0.3, -0.25) is 9.59 Å². The third kappa shape index (κ3) is 19.4. The zero-order valence-electron chi connectivity index (χ0n) is 55.5. The number of carboxylic acids is 4. The van der Waals surface area contributed by atoms with E-state index in [1.54, 1.807) is 30.3 Å². The second-order valence-corrected chi connectivity index (χ2v) is 36.5. The van der Waals surface area contributed by atoms with E-state index in [9.17, 15) is 49.2 Å². The van der Waals surface area contributed by atoms with Gasteiger partial charge in [-0.1, -0.05) is 17.7 Å². The number of ether oxygens (including phenoxy) is 3. The number of unbranched alkanes of at least 4 members (excludes halogenated alkanes) is 5. The van der Waals surface area contributed by atoms with Crippen LogP contribution < -0.4 is 53.3 Å². The van der Waals surface area contributed by atoms with Gasteiger partial charge < -0.3 is 25.6 Å². The normalized spacial score (nSPS) is 11.6. The molecule has 0 aromatic heterocycles. The third-order valence-electron chi connectivity index (χ3n) is 16.0. The summed E-state index contributed by atoms with van der Waals surface area (Å²) in [6, 6.07) is 56.6. The van der Waals surface area contributed by atoms with E-state index in [0.29, 0.717) is 27.3 Å².